The monoisotopic (exact) mass is 267 g/mol. The van der Waals surface area contributed by atoms with E-state index in [4.69, 9.17) is 0 Å². The maximum Gasteiger partial charge on any atom is 0.296 e. The second-order valence-corrected chi connectivity index (χ2v) is 5.17. The van der Waals surface area contributed by atoms with Gasteiger partial charge in [0.2, 0.25) is 0 Å². The SMILES string of the molecule is CC1(C)C=C(Br)C=C2C(=O)C(=O)NC2=C1. The van der Waals surface area contributed by atoms with Crippen molar-refractivity contribution in [3.63, 3.8) is 0 Å². The molecule has 0 aromatic heterocycles. The zero-order valence-corrected chi connectivity index (χ0v) is 10.0. The Morgan fingerprint density at radius 3 is 2.60 bits per heavy atom. The van der Waals surface area contributed by atoms with Crippen molar-refractivity contribution in [3.05, 3.63) is 34.0 Å². The van der Waals surface area contributed by atoms with E-state index in [1.54, 1.807) is 6.08 Å². The molecular formula is C11H10BrNO2. The average molecular weight is 268 g/mol. The van der Waals surface area contributed by atoms with Crippen LogP contribution in [0.25, 0.3) is 0 Å². The third kappa shape index (κ3) is 1.81. The molecule has 1 aliphatic carbocycles. The number of hydrogen-bond acceptors (Lipinski definition) is 2. The normalized spacial score (nSPS) is 23.5. The van der Waals surface area contributed by atoms with E-state index in [9.17, 15) is 9.59 Å². The van der Waals surface area contributed by atoms with Gasteiger partial charge in [-0.15, -0.1) is 0 Å². The minimum absolute atomic E-state index is 0.190. The van der Waals surface area contributed by atoms with Gasteiger partial charge in [-0.2, -0.15) is 0 Å². The van der Waals surface area contributed by atoms with E-state index in [0.29, 0.717) is 11.3 Å². The quantitative estimate of drug-likeness (QED) is 0.681. The van der Waals surface area contributed by atoms with Crippen molar-refractivity contribution in [1.82, 2.24) is 5.32 Å². The summed E-state index contributed by atoms with van der Waals surface area (Å²) in [6.45, 7) is 4.01. The smallest absolute Gasteiger partial charge is 0.296 e. The zero-order valence-electron chi connectivity index (χ0n) is 8.43. The number of ketones is 1. The molecule has 0 bridgehead atoms. The van der Waals surface area contributed by atoms with E-state index in [2.05, 4.69) is 21.2 Å². The number of carbonyl (C=O) groups excluding carboxylic acids is 2. The third-order valence-corrected chi connectivity index (χ3v) is 2.76. The highest BCUT2D eigenvalue weighted by Crippen LogP contribution is 2.33. The van der Waals surface area contributed by atoms with Crippen LogP contribution in [0.15, 0.2) is 34.0 Å². The minimum atomic E-state index is -0.550. The zero-order chi connectivity index (χ0) is 11.2. The highest BCUT2D eigenvalue weighted by molar-refractivity contribution is 9.11. The van der Waals surface area contributed by atoms with Gasteiger partial charge in [0.05, 0.1) is 5.57 Å². The molecule has 0 unspecified atom stereocenters. The minimum Gasteiger partial charge on any atom is -0.319 e. The van der Waals surface area contributed by atoms with Gasteiger partial charge in [0.25, 0.3) is 11.7 Å². The summed E-state index contributed by atoms with van der Waals surface area (Å²) in [6.07, 6.45) is 5.56. The van der Waals surface area contributed by atoms with E-state index in [0.717, 1.165) is 4.48 Å². The lowest BCUT2D eigenvalue weighted by molar-refractivity contribution is -0.133. The fourth-order valence-corrected chi connectivity index (χ4v) is 2.52. The van der Waals surface area contributed by atoms with Crippen LogP contribution in [0, 0.1) is 5.41 Å². The van der Waals surface area contributed by atoms with E-state index < -0.39 is 11.7 Å². The summed E-state index contributed by atoms with van der Waals surface area (Å²) >= 11 is 3.36. The van der Waals surface area contributed by atoms with Crippen molar-refractivity contribution >= 4 is 27.6 Å². The molecule has 1 amide bonds. The molecule has 1 aliphatic heterocycles. The number of nitrogens with one attached hydrogen (secondary N) is 1. The van der Waals surface area contributed by atoms with Crippen LogP contribution in [-0.4, -0.2) is 11.7 Å². The Labute approximate surface area is 96.0 Å². The van der Waals surface area contributed by atoms with Crippen LogP contribution in [-0.2, 0) is 9.59 Å². The van der Waals surface area contributed by atoms with E-state index >= 15 is 0 Å². The van der Waals surface area contributed by atoms with Crippen LogP contribution in [0.5, 0.6) is 0 Å². The molecule has 1 N–H and O–H groups in total. The highest BCUT2D eigenvalue weighted by Gasteiger charge is 2.33. The van der Waals surface area contributed by atoms with E-state index in [-0.39, 0.29) is 5.41 Å². The summed E-state index contributed by atoms with van der Waals surface area (Å²) in [5, 5.41) is 2.57. The molecule has 2 aliphatic rings. The van der Waals surface area contributed by atoms with Gasteiger partial charge >= 0.3 is 0 Å². The van der Waals surface area contributed by atoms with Crippen LogP contribution in [0.3, 0.4) is 0 Å². The van der Waals surface area contributed by atoms with Gasteiger partial charge in [0.1, 0.15) is 0 Å². The molecule has 1 heterocycles. The third-order valence-electron chi connectivity index (χ3n) is 2.30. The predicted octanol–water partition coefficient (Wildman–Crippen LogP) is 1.81. The summed E-state index contributed by atoms with van der Waals surface area (Å²) in [5.74, 6) is -1.02. The molecule has 1 fully saturated rings. The molecule has 0 aromatic carbocycles. The topological polar surface area (TPSA) is 46.2 Å². The first-order chi connectivity index (χ1) is 6.89. The summed E-state index contributed by atoms with van der Waals surface area (Å²) in [4.78, 5) is 22.7. The number of rotatable bonds is 0. The summed E-state index contributed by atoms with van der Waals surface area (Å²) in [5.41, 5.74) is 0.860. The Balaban J connectivity index is 2.58. The maximum atomic E-state index is 11.5. The van der Waals surface area contributed by atoms with Crippen molar-refractivity contribution in [2.75, 3.05) is 0 Å². The van der Waals surface area contributed by atoms with Gasteiger partial charge in [-0.1, -0.05) is 41.9 Å². The van der Waals surface area contributed by atoms with Crippen LogP contribution >= 0.6 is 15.9 Å². The number of hydrogen-bond donors (Lipinski definition) is 1. The van der Waals surface area contributed by atoms with Crippen molar-refractivity contribution < 1.29 is 9.59 Å². The van der Waals surface area contributed by atoms with Crippen LogP contribution in [0.4, 0.5) is 0 Å². The van der Waals surface area contributed by atoms with E-state index in [1.807, 2.05) is 26.0 Å². The van der Waals surface area contributed by atoms with Gasteiger partial charge in [-0.3, -0.25) is 9.59 Å². The van der Waals surface area contributed by atoms with Crippen LogP contribution in [0.2, 0.25) is 0 Å². The predicted molar refractivity (Wildman–Crippen MR) is 60.1 cm³/mol. The second kappa shape index (κ2) is 3.17. The Morgan fingerprint density at radius 1 is 1.27 bits per heavy atom. The number of fused-ring (bicyclic) bond motifs is 1. The van der Waals surface area contributed by atoms with Crippen molar-refractivity contribution in [2.45, 2.75) is 13.8 Å². The lowest BCUT2D eigenvalue weighted by Gasteiger charge is -2.14. The fraction of sp³-hybridized carbons (Fsp3) is 0.273. The Hall–Kier alpha value is -1.16. The number of halogens is 1. The van der Waals surface area contributed by atoms with Gasteiger partial charge in [-0.25, -0.2) is 0 Å². The fourth-order valence-electron chi connectivity index (χ4n) is 1.70. The number of allylic oxidation sites excluding steroid dienone is 5. The molecule has 1 saturated heterocycles. The first-order valence-corrected chi connectivity index (χ1v) is 5.37. The average Bonchev–Trinajstić information content (AvgIpc) is 2.29. The molecule has 4 heteroatoms. The van der Waals surface area contributed by atoms with Crippen molar-refractivity contribution in [1.29, 1.82) is 0 Å². The second-order valence-electron chi connectivity index (χ2n) is 4.25. The first kappa shape index (κ1) is 10.4. The molecule has 2 rings (SSSR count). The molecule has 0 atom stereocenters. The lowest BCUT2D eigenvalue weighted by Crippen LogP contribution is -2.18. The Morgan fingerprint density at radius 2 is 1.93 bits per heavy atom. The molecule has 0 spiro atoms. The number of Topliss-reactive ketones (excluding diaryl/α,β-unsaturated/α-hetero) is 1. The van der Waals surface area contributed by atoms with Gasteiger partial charge in [-0.05, 0) is 6.08 Å². The molecule has 0 radical (unpaired) electrons. The molecule has 78 valence electrons. The highest BCUT2D eigenvalue weighted by atomic mass is 79.9. The standard InChI is InChI=1S/C11H10BrNO2/c1-11(2)4-6(12)3-7-8(5-11)13-10(15)9(7)14/h3-5H,1-2H3,(H,13,15). The van der Waals surface area contributed by atoms with Gasteiger partial charge < -0.3 is 5.32 Å². The first-order valence-electron chi connectivity index (χ1n) is 4.58. The van der Waals surface area contributed by atoms with Crippen LogP contribution in [0.1, 0.15) is 13.8 Å². The molecule has 0 aromatic rings. The Kier molecular flexibility index (Phi) is 2.19. The van der Waals surface area contributed by atoms with Gasteiger partial charge in [0.15, 0.2) is 0 Å². The summed E-state index contributed by atoms with van der Waals surface area (Å²) in [6, 6.07) is 0. The molecule has 3 nitrogen and oxygen atoms in total. The summed E-state index contributed by atoms with van der Waals surface area (Å²) < 4.78 is 0.818. The molecular weight excluding hydrogens is 258 g/mol. The number of carbonyl (C=O) groups is 2. The Bertz CT molecular complexity index is 455. The van der Waals surface area contributed by atoms with E-state index in [1.165, 1.54) is 0 Å². The van der Waals surface area contributed by atoms with Crippen molar-refractivity contribution in [3.8, 4) is 0 Å². The maximum absolute atomic E-state index is 11.5. The largest absolute Gasteiger partial charge is 0.319 e. The van der Waals surface area contributed by atoms with Crippen LogP contribution < -0.4 is 5.32 Å². The summed E-state index contributed by atoms with van der Waals surface area (Å²) in [7, 11) is 0. The van der Waals surface area contributed by atoms with Gasteiger partial charge in [0, 0.05) is 15.6 Å². The van der Waals surface area contributed by atoms with Crippen molar-refractivity contribution in [2.24, 2.45) is 5.41 Å². The number of amides is 1. The molecule has 0 saturated carbocycles. The molecule has 15 heavy (non-hydrogen) atoms. The lowest BCUT2D eigenvalue weighted by atomic mass is 9.92.